The molecule has 0 aliphatic heterocycles. The lowest BCUT2D eigenvalue weighted by atomic mass is 10.1. The van der Waals surface area contributed by atoms with Gasteiger partial charge >= 0.3 is 0 Å². The third-order valence-corrected chi connectivity index (χ3v) is 4.18. The van der Waals surface area contributed by atoms with Gasteiger partial charge in [0.1, 0.15) is 5.76 Å². The number of rotatable bonds is 13. The Morgan fingerprint density at radius 1 is 0.963 bits per heavy atom. The SMILES string of the molecule is CCCCCOc1ccc(C(=O)C=Cc2ccco2)cc1OCCCCC. The quantitative estimate of drug-likeness (QED) is 0.235. The van der Waals surface area contributed by atoms with Crippen molar-refractivity contribution in [3.05, 3.63) is 54.0 Å². The molecule has 0 saturated carbocycles. The summed E-state index contributed by atoms with van der Waals surface area (Å²) in [4.78, 5) is 12.5. The topological polar surface area (TPSA) is 48.7 Å². The molecule has 0 spiro atoms. The minimum Gasteiger partial charge on any atom is -0.490 e. The fourth-order valence-electron chi connectivity index (χ4n) is 2.60. The van der Waals surface area contributed by atoms with Crippen molar-refractivity contribution < 1.29 is 18.7 Å². The van der Waals surface area contributed by atoms with Gasteiger partial charge < -0.3 is 13.9 Å². The summed E-state index contributed by atoms with van der Waals surface area (Å²) in [6.45, 7) is 5.61. The van der Waals surface area contributed by atoms with Gasteiger partial charge in [0.15, 0.2) is 17.3 Å². The number of carbonyl (C=O) groups is 1. The predicted molar refractivity (Wildman–Crippen MR) is 109 cm³/mol. The Morgan fingerprint density at radius 3 is 2.30 bits per heavy atom. The van der Waals surface area contributed by atoms with Crippen molar-refractivity contribution in [1.29, 1.82) is 0 Å². The van der Waals surface area contributed by atoms with E-state index in [4.69, 9.17) is 13.9 Å². The monoisotopic (exact) mass is 370 g/mol. The Balaban J connectivity index is 2.06. The molecule has 0 fully saturated rings. The molecule has 0 N–H and O–H groups in total. The fraction of sp³-hybridized carbons (Fsp3) is 0.435. The second-order valence-corrected chi connectivity index (χ2v) is 6.49. The summed E-state index contributed by atoms with van der Waals surface area (Å²) in [6.07, 6.45) is 11.3. The van der Waals surface area contributed by atoms with Gasteiger partial charge in [0.25, 0.3) is 0 Å². The lowest BCUT2D eigenvalue weighted by molar-refractivity contribution is 0.104. The molecule has 0 radical (unpaired) electrons. The van der Waals surface area contributed by atoms with Crippen molar-refractivity contribution in [3.63, 3.8) is 0 Å². The zero-order valence-electron chi connectivity index (χ0n) is 16.4. The molecule has 0 saturated heterocycles. The first-order chi connectivity index (χ1) is 13.2. The molecule has 1 heterocycles. The number of ketones is 1. The van der Waals surface area contributed by atoms with Crippen LogP contribution in [0.3, 0.4) is 0 Å². The van der Waals surface area contributed by atoms with Crippen LogP contribution < -0.4 is 9.47 Å². The maximum absolute atomic E-state index is 12.5. The van der Waals surface area contributed by atoms with Gasteiger partial charge in [-0.15, -0.1) is 0 Å². The number of unbranched alkanes of at least 4 members (excludes halogenated alkanes) is 4. The van der Waals surface area contributed by atoms with Crippen LogP contribution in [0.4, 0.5) is 0 Å². The maximum Gasteiger partial charge on any atom is 0.186 e. The number of carbonyl (C=O) groups excluding carboxylic acids is 1. The van der Waals surface area contributed by atoms with Crippen LogP contribution in [-0.2, 0) is 0 Å². The van der Waals surface area contributed by atoms with E-state index in [9.17, 15) is 4.79 Å². The summed E-state index contributed by atoms with van der Waals surface area (Å²) in [6, 6.07) is 8.98. The Hall–Kier alpha value is -2.49. The summed E-state index contributed by atoms with van der Waals surface area (Å²) in [5.74, 6) is 1.90. The van der Waals surface area contributed by atoms with E-state index in [1.54, 1.807) is 36.6 Å². The van der Waals surface area contributed by atoms with Gasteiger partial charge in [0.2, 0.25) is 0 Å². The molecule has 0 unspecified atom stereocenters. The fourth-order valence-corrected chi connectivity index (χ4v) is 2.60. The smallest absolute Gasteiger partial charge is 0.186 e. The molecule has 2 aromatic rings. The Labute approximate surface area is 162 Å². The van der Waals surface area contributed by atoms with Gasteiger partial charge in [-0.2, -0.15) is 0 Å². The summed E-state index contributed by atoms with van der Waals surface area (Å²) in [5.41, 5.74) is 0.573. The van der Waals surface area contributed by atoms with Crippen molar-refractivity contribution in [1.82, 2.24) is 0 Å². The van der Waals surface area contributed by atoms with Crippen LogP contribution in [0.15, 0.2) is 47.1 Å². The normalized spacial score (nSPS) is 11.0. The molecule has 27 heavy (non-hydrogen) atoms. The summed E-state index contributed by atoms with van der Waals surface area (Å²) in [7, 11) is 0. The summed E-state index contributed by atoms with van der Waals surface area (Å²) >= 11 is 0. The molecule has 2 rings (SSSR count). The number of allylic oxidation sites excluding steroid dienone is 1. The van der Waals surface area contributed by atoms with Crippen molar-refractivity contribution in [2.45, 2.75) is 52.4 Å². The third-order valence-electron chi connectivity index (χ3n) is 4.18. The Morgan fingerprint density at radius 2 is 1.67 bits per heavy atom. The highest BCUT2D eigenvalue weighted by atomic mass is 16.5. The Kier molecular flexibility index (Phi) is 9.25. The molecule has 0 atom stereocenters. The minimum absolute atomic E-state index is 0.0951. The molecule has 1 aromatic carbocycles. The number of ether oxygens (including phenoxy) is 2. The van der Waals surface area contributed by atoms with Gasteiger partial charge in [-0.05, 0) is 55.3 Å². The Bertz CT molecular complexity index is 701. The van der Waals surface area contributed by atoms with E-state index in [1.807, 2.05) is 6.07 Å². The van der Waals surface area contributed by atoms with Gasteiger partial charge in [0.05, 0.1) is 19.5 Å². The molecule has 4 heteroatoms. The van der Waals surface area contributed by atoms with E-state index in [0.29, 0.717) is 36.0 Å². The minimum atomic E-state index is -0.0951. The van der Waals surface area contributed by atoms with Crippen LogP contribution in [-0.4, -0.2) is 19.0 Å². The van der Waals surface area contributed by atoms with E-state index in [-0.39, 0.29) is 5.78 Å². The number of benzene rings is 1. The zero-order chi connectivity index (χ0) is 19.3. The molecular formula is C23H30O4. The lowest BCUT2D eigenvalue weighted by Crippen LogP contribution is -2.04. The molecule has 4 nitrogen and oxygen atoms in total. The standard InChI is InChI=1S/C23H30O4/c1-3-5-7-15-26-22-14-11-19(18-23(22)27-16-8-6-4-2)21(24)13-12-20-10-9-17-25-20/h9-14,17-18H,3-8,15-16H2,1-2H3. The van der Waals surface area contributed by atoms with Crippen LogP contribution in [0.5, 0.6) is 11.5 Å². The first-order valence-corrected chi connectivity index (χ1v) is 9.90. The third kappa shape index (κ3) is 7.33. The molecule has 1 aromatic heterocycles. The number of hydrogen-bond donors (Lipinski definition) is 0. The molecule has 0 amide bonds. The molecule has 0 aliphatic rings. The van der Waals surface area contributed by atoms with Gasteiger partial charge in [0, 0.05) is 5.56 Å². The van der Waals surface area contributed by atoms with E-state index >= 15 is 0 Å². The van der Waals surface area contributed by atoms with Crippen LogP contribution >= 0.6 is 0 Å². The average molecular weight is 370 g/mol. The second kappa shape index (κ2) is 12.0. The highest BCUT2D eigenvalue weighted by Crippen LogP contribution is 2.29. The first-order valence-electron chi connectivity index (χ1n) is 9.90. The second-order valence-electron chi connectivity index (χ2n) is 6.49. The maximum atomic E-state index is 12.5. The van der Waals surface area contributed by atoms with E-state index < -0.39 is 0 Å². The summed E-state index contributed by atoms with van der Waals surface area (Å²) in [5, 5.41) is 0. The van der Waals surface area contributed by atoms with E-state index in [0.717, 1.165) is 38.5 Å². The van der Waals surface area contributed by atoms with Gasteiger partial charge in [-0.3, -0.25) is 4.79 Å². The molecule has 0 aliphatic carbocycles. The molecule has 146 valence electrons. The van der Waals surface area contributed by atoms with Crippen LogP contribution in [0.25, 0.3) is 6.08 Å². The van der Waals surface area contributed by atoms with Crippen molar-refractivity contribution in [2.24, 2.45) is 0 Å². The number of hydrogen-bond acceptors (Lipinski definition) is 4. The van der Waals surface area contributed by atoms with Gasteiger partial charge in [-0.25, -0.2) is 0 Å². The lowest BCUT2D eigenvalue weighted by Gasteiger charge is -2.13. The van der Waals surface area contributed by atoms with E-state index in [2.05, 4.69) is 13.8 Å². The van der Waals surface area contributed by atoms with Crippen molar-refractivity contribution in [2.75, 3.05) is 13.2 Å². The highest BCUT2D eigenvalue weighted by Gasteiger charge is 2.11. The van der Waals surface area contributed by atoms with Crippen LogP contribution in [0.1, 0.15) is 68.5 Å². The van der Waals surface area contributed by atoms with Crippen molar-refractivity contribution in [3.8, 4) is 11.5 Å². The molecular weight excluding hydrogens is 340 g/mol. The zero-order valence-corrected chi connectivity index (χ0v) is 16.4. The largest absolute Gasteiger partial charge is 0.490 e. The predicted octanol–water partition coefficient (Wildman–Crippen LogP) is 6.31. The van der Waals surface area contributed by atoms with Crippen LogP contribution in [0, 0.1) is 0 Å². The van der Waals surface area contributed by atoms with E-state index in [1.165, 1.54) is 6.08 Å². The molecule has 0 bridgehead atoms. The van der Waals surface area contributed by atoms with Gasteiger partial charge in [-0.1, -0.05) is 39.5 Å². The summed E-state index contributed by atoms with van der Waals surface area (Å²) < 4.78 is 17.0. The number of furan rings is 1. The highest BCUT2D eigenvalue weighted by molar-refractivity contribution is 6.07. The van der Waals surface area contributed by atoms with Crippen LogP contribution in [0.2, 0.25) is 0 Å². The first kappa shape index (κ1) is 20.8. The van der Waals surface area contributed by atoms with Crippen molar-refractivity contribution >= 4 is 11.9 Å². The average Bonchev–Trinajstić information content (AvgIpc) is 3.21.